The molecule has 2 heterocycles. The second-order valence-corrected chi connectivity index (χ2v) is 6.97. The number of nitrogens with zero attached hydrogens (tertiary/aromatic N) is 2. The Morgan fingerprint density at radius 3 is 2.54 bits per heavy atom. The zero-order chi connectivity index (χ0) is 23.5. The molecule has 1 amide bonds. The molecule has 4 nitrogen and oxygen atoms in total. The number of furan rings is 1. The Bertz CT molecular complexity index is 1080. The molecular weight excluding hydrogens is 348 g/mol. The van der Waals surface area contributed by atoms with Gasteiger partial charge in [-0.1, -0.05) is 48.5 Å². The van der Waals surface area contributed by atoms with Gasteiger partial charge in [0.2, 0.25) is 0 Å². The summed E-state index contributed by atoms with van der Waals surface area (Å²) in [5.74, 6) is -0.426. The van der Waals surface area contributed by atoms with Gasteiger partial charge in [0.25, 0.3) is 5.91 Å². The summed E-state index contributed by atoms with van der Waals surface area (Å²) in [6.07, 6.45) is 4.92. The predicted octanol–water partition coefficient (Wildman–Crippen LogP) is 4.63. The number of anilines is 1. The van der Waals surface area contributed by atoms with Gasteiger partial charge in [0.05, 0.1) is 18.7 Å². The highest BCUT2D eigenvalue weighted by molar-refractivity contribution is 6.06. The van der Waals surface area contributed by atoms with Crippen LogP contribution in [0.1, 0.15) is 35.6 Å². The topological polar surface area (TPSA) is 36.7 Å². The number of carbonyl (C=O) groups excluding carboxylic acids is 1. The minimum atomic E-state index is -0.472. The first-order chi connectivity index (χ1) is 15.9. The van der Waals surface area contributed by atoms with Crippen molar-refractivity contribution in [3.63, 3.8) is 0 Å². The first-order valence-corrected chi connectivity index (χ1v) is 9.57. The first-order valence-electron chi connectivity index (χ1n) is 12.1. The molecule has 0 saturated carbocycles. The molecule has 1 aliphatic heterocycles. The van der Waals surface area contributed by atoms with Crippen molar-refractivity contribution in [3.8, 4) is 0 Å². The molecule has 2 aromatic carbocycles. The van der Waals surface area contributed by atoms with Gasteiger partial charge in [-0.2, -0.15) is 0 Å². The van der Waals surface area contributed by atoms with E-state index in [2.05, 4.69) is 17.0 Å². The van der Waals surface area contributed by atoms with E-state index in [0.29, 0.717) is 12.8 Å². The van der Waals surface area contributed by atoms with E-state index in [1.807, 2.05) is 18.2 Å². The second kappa shape index (κ2) is 8.89. The molecule has 1 aromatic heterocycles. The normalized spacial score (nSPS) is 17.9. The molecule has 0 bridgehead atoms. The van der Waals surface area contributed by atoms with Crippen LogP contribution in [0.3, 0.4) is 0 Å². The standard InChI is InChI=1S/C24H26N2O2/c27-24(21-14-18-28-19-21)26(22-9-5-2-6-10-22)23-12-16-25(17-13-23)15-11-20-7-3-1-4-8-20/h1-10,14,18-19,23H,11-13,15-17H2/i2D,5D,6D,9D,10D. The average molecular weight is 380 g/mol. The van der Waals surface area contributed by atoms with E-state index >= 15 is 0 Å². The van der Waals surface area contributed by atoms with E-state index < -0.39 is 24.0 Å². The predicted molar refractivity (Wildman–Crippen MR) is 112 cm³/mol. The van der Waals surface area contributed by atoms with E-state index in [-0.39, 0.29) is 29.4 Å². The Hall–Kier alpha value is -2.85. The highest BCUT2D eigenvalue weighted by Gasteiger charge is 2.30. The molecule has 0 unspecified atom stereocenters. The maximum atomic E-state index is 13.4. The van der Waals surface area contributed by atoms with Crippen molar-refractivity contribution in [2.45, 2.75) is 25.3 Å². The van der Waals surface area contributed by atoms with Crippen molar-refractivity contribution in [1.82, 2.24) is 4.90 Å². The Balaban J connectivity index is 1.58. The molecule has 144 valence electrons. The third-order valence-corrected chi connectivity index (χ3v) is 5.20. The number of hydrogen-bond acceptors (Lipinski definition) is 3. The van der Waals surface area contributed by atoms with Crippen molar-refractivity contribution in [2.24, 2.45) is 0 Å². The number of rotatable bonds is 6. The van der Waals surface area contributed by atoms with Crippen LogP contribution in [0.25, 0.3) is 0 Å². The van der Waals surface area contributed by atoms with Crippen LogP contribution in [-0.4, -0.2) is 36.5 Å². The number of piperidine rings is 1. The fraction of sp³-hybridized carbons (Fsp3) is 0.292. The van der Waals surface area contributed by atoms with Gasteiger partial charge in [-0.3, -0.25) is 4.79 Å². The number of carbonyl (C=O) groups is 1. The van der Waals surface area contributed by atoms with Crippen LogP contribution in [-0.2, 0) is 6.42 Å². The lowest BCUT2D eigenvalue weighted by Gasteiger charge is -2.38. The van der Waals surface area contributed by atoms with Gasteiger partial charge in [0, 0.05) is 31.4 Å². The van der Waals surface area contributed by atoms with Gasteiger partial charge < -0.3 is 14.2 Å². The SMILES string of the molecule is [2H]c1c([2H])c([2H])c(N(C(=O)c2ccoc2)C2CCN(CCc3ccccc3)CC2)c([2H])c1[2H]. The van der Waals surface area contributed by atoms with Crippen LogP contribution in [0, 0.1) is 0 Å². The summed E-state index contributed by atoms with van der Waals surface area (Å²) in [5, 5.41) is 0. The summed E-state index contributed by atoms with van der Waals surface area (Å²) in [5.41, 5.74) is 1.48. The molecule has 0 aliphatic carbocycles. The minimum Gasteiger partial charge on any atom is -0.472 e. The zero-order valence-electron chi connectivity index (χ0n) is 20.6. The molecule has 1 fully saturated rings. The number of benzene rings is 2. The highest BCUT2D eigenvalue weighted by atomic mass is 16.3. The lowest BCUT2D eigenvalue weighted by Crippen LogP contribution is -2.48. The Labute approximate surface area is 173 Å². The Morgan fingerprint density at radius 2 is 1.86 bits per heavy atom. The average Bonchev–Trinajstić information content (AvgIpc) is 3.39. The number of amides is 1. The zero-order valence-corrected chi connectivity index (χ0v) is 15.6. The van der Waals surface area contributed by atoms with E-state index in [1.54, 1.807) is 0 Å². The van der Waals surface area contributed by atoms with Gasteiger partial charge in [-0.25, -0.2) is 0 Å². The Morgan fingerprint density at radius 1 is 1.11 bits per heavy atom. The molecule has 0 atom stereocenters. The van der Waals surface area contributed by atoms with Crippen molar-refractivity contribution >= 4 is 11.6 Å². The van der Waals surface area contributed by atoms with Gasteiger partial charge in [-0.15, -0.1) is 0 Å². The number of para-hydroxylation sites is 1. The molecule has 28 heavy (non-hydrogen) atoms. The van der Waals surface area contributed by atoms with Gasteiger partial charge in [-0.05, 0) is 43.0 Å². The minimum absolute atomic E-state index is 0.0741. The summed E-state index contributed by atoms with van der Waals surface area (Å²) in [4.78, 5) is 17.2. The summed E-state index contributed by atoms with van der Waals surface area (Å²) < 4.78 is 45.9. The lowest BCUT2D eigenvalue weighted by atomic mass is 10.0. The molecule has 1 saturated heterocycles. The van der Waals surface area contributed by atoms with E-state index in [0.717, 1.165) is 26.1 Å². The molecule has 3 aromatic rings. The number of hydrogen-bond donors (Lipinski definition) is 0. The Kier molecular flexibility index (Phi) is 4.24. The van der Waals surface area contributed by atoms with Gasteiger partial charge in [0.15, 0.2) is 0 Å². The van der Waals surface area contributed by atoms with E-state index in [1.165, 1.54) is 29.1 Å². The largest absolute Gasteiger partial charge is 0.472 e. The molecular formula is C24H26N2O2. The van der Waals surface area contributed by atoms with Crippen LogP contribution >= 0.6 is 0 Å². The van der Waals surface area contributed by atoms with Crippen molar-refractivity contribution in [3.05, 3.63) is 90.3 Å². The molecule has 0 N–H and O–H groups in total. The fourth-order valence-corrected chi connectivity index (χ4v) is 3.67. The summed E-state index contributed by atoms with van der Waals surface area (Å²) in [7, 11) is 0. The van der Waals surface area contributed by atoms with Crippen molar-refractivity contribution < 1.29 is 16.1 Å². The van der Waals surface area contributed by atoms with Crippen LogP contribution in [0.5, 0.6) is 0 Å². The molecule has 1 aliphatic rings. The third kappa shape index (κ3) is 4.34. The van der Waals surface area contributed by atoms with E-state index in [4.69, 9.17) is 11.3 Å². The summed E-state index contributed by atoms with van der Waals surface area (Å²) >= 11 is 0. The van der Waals surface area contributed by atoms with Crippen molar-refractivity contribution in [1.29, 1.82) is 0 Å². The number of likely N-dealkylation sites (tertiary alicyclic amines) is 1. The first kappa shape index (κ1) is 13.3. The van der Waals surface area contributed by atoms with Crippen LogP contribution in [0.4, 0.5) is 5.69 Å². The van der Waals surface area contributed by atoms with Gasteiger partial charge in [0.1, 0.15) is 6.26 Å². The monoisotopic (exact) mass is 379 g/mol. The molecule has 4 heteroatoms. The maximum Gasteiger partial charge on any atom is 0.261 e. The fourth-order valence-electron chi connectivity index (χ4n) is 3.67. The summed E-state index contributed by atoms with van der Waals surface area (Å²) in [6, 6.07) is 9.40. The molecule has 0 radical (unpaired) electrons. The maximum absolute atomic E-state index is 13.4. The van der Waals surface area contributed by atoms with Crippen LogP contribution < -0.4 is 4.90 Å². The molecule has 0 spiro atoms. The smallest absolute Gasteiger partial charge is 0.261 e. The van der Waals surface area contributed by atoms with Crippen LogP contribution in [0.15, 0.2) is 83.6 Å². The quantitative estimate of drug-likeness (QED) is 0.626. The summed E-state index contributed by atoms with van der Waals surface area (Å²) in [6.45, 7) is 2.41. The second-order valence-electron chi connectivity index (χ2n) is 6.97. The van der Waals surface area contributed by atoms with Crippen molar-refractivity contribution in [2.75, 3.05) is 24.5 Å². The van der Waals surface area contributed by atoms with Gasteiger partial charge >= 0.3 is 0 Å². The van der Waals surface area contributed by atoms with Crippen LogP contribution in [0.2, 0.25) is 0 Å². The van der Waals surface area contributed by atoms with E-state index in [9.17, 15) is 4.79 Å². The lowest BCUT2D eigenvalue weighted by molar-refractivity contribution is 0.0959. The highest BCUT2D eigenvalue weighted by Crippen LogP contribution is 2.26. The third-order valence-electron chi connectivity index (χ3n) is 5.20. The molecule has 4 rings (SSSR count).